The van der Waals surface area contributed by atoms with Gasteiger partial charge in [0.05, 0.1) is 0 Å². The van der Waals surface area contributed by atoms with Gasteiger partial charge in [-0.05, 0) is 227 Å². The SMILES string of the molecule is CN(c1ccc(-c2ccc(N(c3cccc(-c4ccccc4)c3)c3cccc(-c4ccccc4)c3)cc2)cc1)c1ccc2c3cccc4cccc(c5cccc1c52)c43.Cc1ccc(N(C)c2ccc(-c3ccc(N(c4cccc(-c5ccccc5)c4)c4cccc(-c5ccccc5)c4)cc3)cc2)cc1. The molecule has 105 heavy (non-hydrogen) atoms. The summed E-state index contributed by atoms with van der Waals surface area (Å²) in [4.78, 5) is 9.25. The molecule has 18 rings (SSSR count). The molecule has 500 valence electrons. The average Bonchev–Trinajstić information content (AvgIpc) is 0.716. The second kappa shape index (κ2) is 28.8. The predicted molar refractivity (Wildman–Crippen MR) is 450 cm³/mol. The van der Waals surface area contributed by atoms with Crippen LogP contribution in [0.25, 0.3) is 110 Å². The normalized spacial score (nSPS) is 11.2. The van der Waals surface area contributed by atoms with Gasteiger partial charge in [-0.1, -0.05) is 297 Å². The Bertz CT molecular complexity index is 5810. The van der Waals surface area contributed by atoms with Gasteiger partial charge in [0.15, 0.2) is 0 Å². The van der Waals surface area contributed by atoms with E-state index < -0.39 is 0 Å². The van der Waals surface area contributed by atoms with Crippen LogP contribution in [0.5, 0.6) is 0 Å². The molecule has 4 nitrogen and oxygen atoms in total. The monoisotopic (exact) mass is 1340 g/mol. The van der Waals surface area contributed by atoms with E-state index >= 15 is 0 Å². The summed E-state index contributed by atoms with van der Waals surface area (Å²) >= 11 is 0. The van der Waals surface area contributed by atoms with E-state index in [4.69, 9.17) is 0 Å². The van der Waals surface area contributed by atoms with Gasteiger partial charge >= 0.3 is 0 Å². The first-order valence-corrected chi connectivity index (χ1v) is 36.1. The Morgan fingerprint density at radius 2 is 0.438 bits per heavy atom. The highest BCUT2D eigenvalue weighted by Crippen LogP contribution is 2.46. The third-order valence-corrected chi connectivity index (χ3v) is 20.6. The van der Waals surface area contributed by atoms with E-state index in [9.17, 15) is 0 Å². The molecule has 0 aromatic heterocycles. The van der Waals surface area contributed by atoms with Crippen LogP contribution in [0, 0.1) is 6.92 Å². The van der Waals surface area contributed by atoms with Crippen LogP contribution >= 0.6 is 0 Å². The molecule has 0 radical (unpaired) electrons. The molecular weight excluding hydrogens is 1270 g/mol. The summed E-state index contributed by atoms with van der Waals surface area (Å²) < 4.78 is 0. The molecule has 0 unspecified atom stereocenters. The van der Waals surface area contributed by atoms with Crippen LogP contribution in [0.3, 0.4) is 0 Å². The second-order valence-corrected chi connectivity index (χ2v) is 27.0. The van der Waals surface area contributed by atoms with Crippen LogP contribution in [0.15, 0.2) is 406 Å². The van der Waals surface area contributed by atoms with Gasteiger partial charge in [0.1, 0.15) is 0 Å². The van der Waals surface area contributed by atoms with Crippen molar-refractivity contribution in [1.29, 1.82) is 0 Å². The van der Waals surface area contributed by atoms with Gasteiger partial charge in [-0.3, -0.25) is 0 Å². The lowest BCUT2D eigenvalue weighted by Crippen LogP contribution is -2.10. The topological polar surface area (TPSA) is 13.0 Å². The van der Waals surface area contributed by atoms with E-state index in [0.717, 1.165) is 45.5 Å². The Labute approximate surface area is 615 Å². The maximum Gasteiger partial charge on any atom is 0.0488 e. The van der Waals surface area contributed by atoms with Crippen LogP contribution in [0.4, 0.5) is 56.9 Å². The molecule has 0 amide bonds. The van der Waals surface area contributed by atoms with Gasteiger partial charge in [0.25, 0.3) is 0 Å². The van der Waals surface area contributed by atoms with Crippen molar-refractivity contribution >= 4 is 100.0 Å². The molecule has 0 bridgehead atoms. The molecule has 0 fully saturated rings. The van der Waals surface area contributed by atoms with Crippen molar-refractivity contribution in [2.24, 2.45) is 0 Å². The van der Waals surface area contributed by atoms with E-state index in [1.807, 2.05) is 0 Å². The van der Waals surface area contributed by atoms with Crippen molar-refractivity contribution in [3.8, 4) is 66.8 Å². The molecule has 0 spiro atoms. The number of hydrogen-bond donors (Lipinski definition) is 0. The molecule has 0 heterocycles. The molecule has 18 aromatic carbocycles. The highest BCUT2D eigenvalue weighted by Gasteiger charge is 2.21. The van der Waals surface area contributed by atoms with Gasteiger partial charge in [-0.25, -0.2) is 0 Å². The maximum atomic E-state index is 2.36. The molecular formula is C101H76N4. The first-order valence-electron chi connectivity index (χ1n) is 36.1. The summed E-state index contributed by atoms with van der Waals surface area (Å²) in [6.45, 7) is 2.12. The fraction of sp³-hybridized carbons (Fsp3) is 0.0297. The zero-order chi connectivity index (χ0) is 70.6. The van der Waals surface area contributed by atoms with E-state index in [0.29, 0.717) is 0 Å². The average molecular weight is 1350 g/mol. The third-order valence-electron chi connectivity index (χ3n) is 20.6. The summed E-state index contributed by atoms with van der Waals surface area (Å²) in [5.41, 5.74) is 26.9. The van der Waals surface area contributed by atoms with Gasteiger partial charge in [0, 0.05) is 76.4 Å². The van der Waals surface area contributed by atoms with Crippen LogP contribution in [-0.2, 0) is 0 Å². The number of hydrogen-bond acceptors (Lipinski definition) is 4. The van der Waals surface area contributed by atoms with Gasteiger partial charge in [-0.2, -0.15) is 0 Å². The van der Waals surface area contributed by atoms with Crippen LogP contribution in [0.1, 0.15) is 5.56 Å². The maximum absolute atomic E-state index is 2.36. The second-order valence-electron chi connectivity index (χ2n) is 27.0. The highest BCUT2D eigenvalue weighted by molar-refractivity contribution is 6.34. The summed E-state index contributed by atoms with van der Waals surface area (Å²) in [5.74, 6) is 0. The van der Waals surface area contributed by atoms with Crippen molar-refractivity contribution in [2.75, 3.05) is 33.7 Å². The Morgan fingerprint density at radius 3 is 0.800 bits per heavy atom. The lowest BCUT2D eigenvalue weighted by molar-refractivity contribution is 1.20. The molecule has 0 aliphatic rings. The summed E-state index contributed by atoms with van der Waals surface area (Å²) in [5, 5.41) is 10.5. The Hall–Kier alpha value is -13.5. The lowest BCUT2D eigenvalue weighted by atomic mass is 9.89. The Morgan fingerprint density at radius 1 is 0.171 bits per heavy atom. The van der Waals surface area contributed by atoms with Crippen molar-refractivity contribution in [1.82, 2.24) is 0 Å². The summed E-state index contributed by atoms with van der Waals surface area (Å²) in [7, 11) is 4.29. The lowest BCUT2D eigenvalue weighted by Gasteiger charge is -2.27. The smallest absolute Gasteiger partial charge is 0.0488 e. The fourth-order valence-corrected chi connectivity index (χ4v) is 15.1. The number of benzene rings is 18. The fourth-order valence-electron chi connectivity index (χ4n) is 15.1. The molecule has 0 saturated heterocycles. The highest BCUT2D eigenvalue weighted by atomic mass is 15.1. The number of rotatable bonds is 16. The van der Waals surface area contributed by atoms with Gasteiger partial charge < -0.3 is 19.6 Å². The van der Waals surface area contributed by atoms with Crippen LogP contribution in [0.2, 0.25) is 0 Å². The van der Waals surface area contributed by atoms with Gasteiger partial charge in [-0.15, -0.1) is 0 Å². The van der Waals surface area contributed by atoms with Crippen LogP contribution in [-0.4, -0.2) is 14.1 Å². The number of nitrogens with zero attached hydrogens (tertiary/aromatic N) is 4. The van der Waals surface area contributed by atoms with E-state index in [-0.39, 0.29) is 0 Å². The zero-order valence-electron chi connectivity index (χ0n) is 59.0. The summed E-state index contributed by atoms with van der Waals surface area (Å²) in [6, 6.07) is 147. The van der Waals surface area contributed by atoms with Crippen molar-refractivity contribution in [3.63, 3.8) is 0 Å². The minimum absolute atomic E-state index is 1.10. The van der Waals surface area contributed by atoms with E-state index in [1.54, 1.807) is 0 Å². The number of aryl methyl sites for hydroxylation is 1. The molecule has 4 heteroatoms. The number of fused-ring (bicyclic) bond motifs is 2. The minimum atomic E-state index is 1.10. The van der Waals surface area contributed by atoms with E-state index in [2.05, 4.69) is 447 Å². The first-order chi connectivity index (χ1) is 51.8. The van der Waals surface area contributed by atoms with E-state index in [1.165, 1.54) is 127 Å². The van der Waals surface area contributed by atoms with Crippen molar-refractivity contribution < 1.29 is 0 Å². The third kappa shape index (κ3) is 13.2. The zero-order valence-corrected chi connectivity index (χ0v) is 59.0. The first kappa shape index (κ1) is 64.8. The van der Waals surface area contributed by atoms with Crippen molar-refractivity contribution in [3.05, 3.63) is 412 Å². The molecule has 0 aliphatic carbocycles. The molecule has 0 saturated carbocycles. The molecule has 0 aliphatic heterocycles. The minimum Gasteiger partial charge on any atom is -0.345 e. The Kier molecular flexibility index (Phi) is 17.8. The molecule has 0 N–H and O–H groups in total. The largest absolute Gasteiger partial charge is 0.345 e. The molecule has 18 aromatic rings. The quantitative estimate of drug-likeness (QED) is 0.0706. The van der Waals surface area contributed by atoms with Crippen molar-refractivity contribution in [2.45, 2.75) is 6.92 Å². The number of anilines is 10. The predicted octanol–water partition coefficient (Wildman–Crippen LogP) is 28.2. The Balaban J connectivity index is 0.000000160. The van der Waals surface area contributed by atoms with Crippen LogP contribution < -0.4 is 19.6 Å². The molecule has 0 atom stereocenters. The van der Waals surface area contributed by atoms with Gasteiger partial charge in [0.2, 0.25) is 0 Å². The summed E-state index contributed by atoms with van der Waals surface area (Å²) in [6.07, 6.45) is 0. The standard InChI is InChI=1S/C57H40N2.C44H36N2/c1-58(55-36-35-53-51-24-11-18-43-17-10-23-50(56(43)51)52-25-12-26-54(55)57(52)53)46-31-27-41(28-32-46)42-29-33-47(34-30-42)59(48-21-8-19-44(37-48)39-13-4-2-5-14-39)49-22-9-20-45(38-49)40-15-6-3-7-16-40;1-33-19-25-40(26-20-33)45(2)41-27-21-36(22-28-41)37-23-29-42(30-24-37)46(43-17-9-15-38(31-43)34-11-5-3-6-12-34)44-18-10-16-39(32-44)35-13-7-4-8-14-35/h2-38H,1H3;3-32H,1-2H3.